The second-order valence-corrected chi connectivity index (χ2v) is 5.23. The van der Waals surface area contributed by atoms with Crippen LogP contribution in [0.5, 0.6) is 0 Å². The molecule has 1 aliphatic rings. The van der Waals surface area contributed by atoms with Crippen LogP contribution in [0.25, 0.3) is 0 Å². The summed E-state index contributed by atoms with van der Waals surface area (Å²) in [5.41, 5.74) is 0.235. The van der Waals surface area contributed by atoms with Gasteiger partial charge in [0.05, 0.1) is 18.6 Å². The van der Waals surface area contributed by atoms with Crippen LogP contribution in [-0.2, 0) is 4.74 Å². The van der Waals surface area contributed by atoms with Crippen molar-refractivity contribution in [2.24, 2.45) is 5.41 Å². The molecular formula is C14H26N2O. The highest BCUT2D eigenvalue weighted by Gasteiger charge is 2.51. The summed E-state index contributed by atoms with van der Waals surface area (Å²) < 4.78 is 5.78. The number of hydrogen-bond donors (Lipinski definition) is 1. The topological polar surface area (TPSA) is 45.0 Å². The van der Waals surface area contributed by atoms with Gasteiger partial charge in [0.25, 0.3) is 0 Å². The highest BCUT2D eigenvalue weighted by atomic mass is 16.5. The first kappa shape index (κ1) is 14.5. The van der Waals surface area contributed by atoms with Crippen LogP contribution in [0.4, 0.5) is 0 Å². The Kier molecular flexibility index (Phi) is 5.42. The third kappa shape index (κ3) is 3.00. The lowest BCUT2D eigenvalue weighted by molar-refractivity contribution is -0.128. The van der Waals surface area contributed by atoms with Crippen molar-refractivity contribution in [1.29, 1.82) is 5.26 Å². The molecule has 0 spiro atoms. The first-order valence-corrected chi connectivity index (χ1v) is 6.86. The van der Waals surface area contributed by atoms with E-state index in [2.05, 4.69) is 39.1 Å². The molecule has 0 amide bonds. The minimum Gasteiger partial charge on any atom is -0.378 e. The van der Waals surface area contributed by atoms with Crippen molar-refractivity contribution in [1.82, 2.24) is 5.32 Å². The number of hydrogen-bond acceptors (Lipinski definition) is 3. The molecule has 0 bridgehead atoms. The molecule has 0 aromatic heterocycles. The maximum absolute atomic E-state index is 8.78. The van der Waals surface area contributed by atoms with Crippen LogP contribution >= 0.6 is 0 Å². The number of rotatable bonds is 7. The van der Waals surface area contributed by atoms with Gasteiger partial charge in [-0.15, -0.1) is 0 Å². The second-order valence-electron chi connectivity index (χ2n) is 5.23. The van der Waals surface area contributed by atoms with E-state index in [0.717, 1.165) is 25.9 Å². The Morgan fingerprint density at radius 1 is 1.47 bits per heavy atom. The Balaban J connectivity index is 2.53. The largest absolute Gasteiger partial charge is 0.378 e. The summed E-state index contributed by atoms with van der Waals surface area (Å²) in [6.07, 6.45) is 4.21. The molecule has 0 aromatic carbocycles. The molecule has 0 saturated heterocycles. The van der Waals surface area contributed by atoms with Gasteiger partial charge in [-0.25, -0.2) is 0 Å². The first-order chi connectivity index (χ1) is 8.12. The Morgan fingerprint density at radius 2 is 2.18 bits per heavy atom. The Labute approximate surface area is 106 Å². The molecule has 0 heterocycles. The maximum atomic E-state index is 8.78. The van der Waals surface area contributed by atoms with Crippen molar-refractivity contribution in [3.63, 3.8) is 0 Å². The van der Waals surface area contributed by atoms with Crippen molar-refractivity contribution in [2.75, 3.05) is 6.61 Å². The fourth-order valence-electron chi connectivity index (χ4n) is 2.72. The lowest BCUT2D eigenvalue weighted by Crippen LogP contribution is -2.63. The summed E-state index contributed by atoms with van der Waals surface area (Å²) in [7, 11) is 0. The third-order valence-electron chi connectivity index (χ3n) is 4.38. The molecule has 4 atom stereocenters. The van der Waals surface area contributed by atoms with Crippen LogP contribution in [-0.4, -0.2) is 24.8 Å². The standard InChI is InChI=1S/C14H26N2O/c1-5-11(8-9-15)16-12-10-13(17-7-3)14(12,4)6-2/h11-13,16H,5-8,10H2,1-4H3. The van der Waals surface area contributed by atoms with Gasteiger partial charge in [-0.1, -0.05) is 20.8 Å². The minimum absolute atomic E-state index is 0.235. The molecule has 3 nitrogen and oxygen atoms in total. The Bertz CT molecular complexity index is 274. The number of nitrogens with zero attached hydrogens (tertiary/aromatic N) is 1. The first-order valence-electron chi connectivity index (χ1n) is 6.86. The smallest absolute Gasteiger partial charge is 0.0658 e. The monoisotopic (exact) mass is 238 g/mol. The fourth-order valence-corrected chi connectivity index (χ4v) is 2.72. The van der Waals surface area contributed by atoms with E-state index in [0.29, 0.717) is 24.6 Å². The second kappa shape index (κ2) is 6.37. The molecule has 3 heteroatoms. The highest BCUT2D eigenvalue weighted by molar-refractivity contribution is 5.06. The predicted molar refractivity (Wildman–Crippen MR) is 69.7 cm³/mol. The number of nitriles is 1. The van der Waals surface area contributed by atoms with E-state index in [1.165, 1.54) is 0 Å². The minimum atomic E-state index is 0.235. The van der Waals surface area contributed by atoms with E-state index < -0.39 is 0 Å². The van der Waals surface area contributed by atoms with E-state index in [1.807, 2.05) is 0 Å². The molecule has 1 N–H and O–H groups in total. The zero-order valence-electron chi connectivity index (χ0n) is 11.6. The number of nitrogens with one attached hydrogen (secondary N) is 1. The highest BCUT2D eigenvalue weighted by Crippen LogP contribution is 2.46. The van der Waals surface area contributed by atoms with Crippen LogP contribution in [0.15, 0.2) is 0 Å². The molecule has 0 aromatic rings. The summed E-state index contributed by atoms with van der Waals surface area (Å²) in [5, 5.41) is 12.4. The van der Waals surface area contributed by atoms with Gasteiger partial charge in [0, 0.05) is 24.1 Å². The van der Waals surface area contributed by atoms with Crippen molar-refractivity contribution in [3.8, 4) is 6.07 Å². The molecule has 1 rings (SSSR count). The van der Waals surface area contributed by atoms with Gasteiger partial charge in [0.15, 0.2) is 0 Å². The summed E-state index contributed by atoms with van der Waals surface area (Å²) >= 11 is 0. The Morgan fingerprint density at radius 3 is 2.65 bits per heavy atom. The van der Waals surface area contributed by atoms with Crippen molar-refractivity contribution >= 4 is 0 Å². The normalized spacial score (nSPS) is 33.8. The van der Waals surface area contributed by atoms with Crippen LogP contribution < -0.4 is 5.32 Å². The van der Waals surface area contributed by atoms with Gasteiger partial charge in [-0.2, -0.15) is 5.26 Å². The van der Waals surface area contributed by atoms with Crippen molar-refractivity contribution < 1.29 is 4.74 Å². The molecule has 98 valence electrons. The van der Waals surface area contributed by atoms with Gasteiger partial charge in [0.2, 0.25) is 0 Å². The third-order valence-corrected chi connectivity index (χ3v) is 4.38. The SMILES string of the molecule is CCOC1CC(NC(CC)CC#N)C1(C)CC. The van der Waals surface area contributed by atoms with Gasteiger partial charge >= 0.3 is 0 Å². The molecule has 0 aliphatic heterocycles. The van der Waals surface area contributed by atoms with Gasteiger partial charge in [-0.3, -0.25) is 0 Å². The van der Waals surface area contributed by atoms with Crippen LogP contribution in [0.3, 0.4) is 0 Å². The summed E-state index contributed by atoms with van der Waals surface area (Å²) in [5.74, 6) is 0. The molecule has 17 heavy (non-hydrogen) atoms. The fraction of sp³-hybridized carbons (Fsp3) is 0.929. The molecule has 1 fully saturated rings. The zero-order valence-corrected chi connectivity index (χ0v) is 11.6. The zero-order chi connectivity index (χ0) is 12.9. The molecule has 4 unspecified atom stereocenters. The summed E-state index contributed by atoms with van der Waals surface area (Å²) in [6.45, 7) is 9.51. The average Bonchev–Trinajstić information content (AvgIpc) is 2.35. The van der Waals surface area contributed by atoms with E-state index >= 15 is 0 Å². The van der Waals surface area contributed by atoms with Crippen molar-refractivity contribution in [3.05, 3.63) is 0 Å². The summed E-state index contributed by atoms with van der Waals surface area (Å²) in [4.78, 5) is 0. The van der Waals surface area contributed by atoms with E-state index in [1.54, 1.807) is 0 Å². The van der Waals surface area contributed by atoms with Gasteiger partial charge < -0.3 is 10.1 Å². The molecular weight excluding hydrogens is 212 g/mol. The average molecular weight is 238 g/mol. The van der Waals surface area contributed by atoms with Gasteiger partial charge in [-0.05, 0) is 26.2 Å². The maximum Gasteiger partial charge on any atom is 0.0658 e. The van der Waals surface area contributed by atoms with Crippen LogP contribution in [0.1, 0.15) is 53.4 Å². The quantitative estimate of drug-likeness (QED) is 0.741. The summed E-state index contributed by atoms with van der Waals surface area (Å²) in [6, 6.07) is 3.09. The predicted octanol–water partition coefficient (Wildman–Crippen LogP) is 2.86. The molecule has 0 radical (unpaired) electrons. The van der Waals surface area contributed by atoms with E-state index in [-0.39, 0.29) is 5.41 Å². The van der Waals surface area contributed by atoms with Crippen LogP contribution in [0, 0.1) is 16.7 Å². The molecule has 1 aliphatic carbocycles. The number of ether oxygens (including phenoxy) is 1. The van der Waals surface area contributed by atoms with E-state index in [4.69, 9.17) is 10.00 Å². The molecule has 1 saturated carbocycles. The van der Waals surface area contributed by atoms with Crippen LogP contribution in [0.2, 0.25) is 0 Å². The van der Waals surface area contributed by atoms with Crippen molar-refractivity contribution in [2.45, 2.75) is 71.6 Å². The lowest BCUT2D eigenvalue weighted by Gasteiger charge is -2.54. The van der Waals surface area contributed by atoms with Gasteiger partial charge in [0.1, 0.15) is 0 Å². The lowest BCUT2D eigenvalue weighted by atomic mass is 9.61. The Hall–Kier alpha value is -0.590. The van der Waals surface area contributed by atoms with E-state index in [9.17, 15) is 0 Å².